The fraction of sp³-hybridized carbons (Fsp3) is 0.143. The number of aromatic hydroxyl groups is 1. The molecule has 0 aromatic heterocycles. The summed E-state index contributed by atoms with van der Waals surface area (Å²) in [5.41, 5.74) is 8.39. The quantitative estimate of drug-likeness (QED) is 0.796. The van der Waals surface area contributed by atoms with Gasteiger partial charge in [-0.1, -0.05) is 24.3 Å². The van der Waals surface area contributed by atoms with Gasteiger partial charge in [0.15, 0.2) is 0 Å². The molecule has 0 unspecified atom stereocenters. The van der Waals surface area contributed by atoms with Crippen LogP contribution < -0.4 is 10.5 Å². The number of benzene rings is 2. The highest BCUT2D eigenvalue weighted by molar-refractivity contribution is 5.56. The molecule has 0 amide bonds. The SMILES string of the molecule is Cc1cccc(N)c1OCc1cccc(O)c1. The number of phenolic OH excluding ortho intramolecular Hbond substituents is 1. The highest BCUT2D eigenvalue weighted by atomic mass is 16.5. The van der Waals surface area contributed by atoms with E-state index in [0.29, 0.717) is 18.0 Å². The van der Waals surface area contributed by atoms with Crippen molar-refractivity contribution in [2.75, 3.05) is 5.73 Å². The number of nitrogens with two attached hydrogens (primary N) is 1. The smallest absolute Gasteiger partial charge is 0.145 e. The average Bonchev–Trinajstić information content (AvgIpc) is 2.28. The molecule has 3 heteroatoms. The molecule has 3 N–H and O–H groups in total. The Balaban J connectivity index is 2.13. The van der Waals surface area contributed by atoms with E-state index in [-0.39, 0.29) is 5.75 Å². The van der Waals surface area contributed by atoms with Crippen LogP contribution in [0, 0.1) is 6.92 Å². The molecule has 0 bridgehead atoms. The maximum atomic E-state index is 9.34. The van der Waals surface area contributed by atoms with Crippen LogP contribution in [0.1, 0.15) is 11.1 Å². The average molecular weight is 229 g/mol. The van der Waals surface area contributed by atoms with Crippen molar-refractivity contribution in [1.82, 2.24) is 0 Å². The monoisotopic (exact) mass is 229 g/mol. The molecular formula is C14H15NO2. The first kappa shape index (κ1) is 11.3. The standard InChI is InChI=1S/C14H15NO2/c1-10-4-2-7-13(15)14(10)17-9-11-5-3-6-12(16)8-11/h2-8,16H,9,15H2,1H3. The number of para-hydroxylation sites is 1. The summed E-state index contributed by atoms with van der Waals surface area (Å²) in [6, 6.07) is 12.6. The Morgan fingerprint density at radius 1 is 1.18 bits per heavy atom. The lowest BCUT2D eigenvalue weighted by Gasteiger charge is -2.11. The van der Waals surface area contributed by atoms with Crippen LogP contribution in [0.15, 0.2) is 42.5 Å². The lowest BCUT2D eigenvalue weighted by Crippen LogP contribution is -2.00. The summed E-state index contributed by atoms with van der Waals surface area (Å²) in [7, 11) is 0. The predicted octanol–water partition coefficient (Wildman–Crippen LogP) is 2.86. The zero-order chi connectivity index (χ0) is 12.3. The van der Waals surface area contributed by atoms with Crippen LogP contribution in [0.5, 0.6) is 11.5 Å². The van der Waals surface area contributed by atoms with E-state index in [1.54, 1.807) is 18.2 Å². The summed E-state index contributed by atoms with van der Waals surface area (Å²) in [6.45, 7) is 2.34. The molecular weight excluding hydrogens is 214 g/mol. The second-order valence-electron chi connectivity index (χ2n) is 3.95. The topological polar surface area (TPSA) is 55.5 Å². The zero-order valence-corrected chi connectivity index (χ0v) is 9.68. The number of anilines is 1. The molecule has 0 spiro atoms. The first-order valence-corrected chi connectivity index (χ1v) is 5.42. The van der Waals surface area contributed by atoms with Crippen LogP contribution >= 0.6 is 0 Å². The molecule has 0 aliphatic carbocycles. The molecule has 0 aliphatic heterocycles. The summed E-state index contributed by atoms with van der Waals surface area (Å²) < 4.78 is 5.67. The highest BCUT2D eigenvalue weighted by Gasteiger charge is 2.04. The Hall–Kier alpha value is -2.16. The molecule has 88 valence electrons. The number of nitrogen functional groups attached to an aromatic ring is 1. The van der Waals surface area contributed by atoms with Gasteiger partial charge < -0.3 is 15.6 Å². The molecule has 0 aliphatic rings. The van der Waals surface area contributed by atoms with Gasteiger partial charge >= 0.3 is 0 Å². The van der Waals surface area contributed by atoms with E-state index in [4.69, 9.17) is 10.5 Å². The minimum absolute atomic E-state index is 0.240. The van der Waals surface area contributed by atoms with E-state index < -0.39 is 0 Å². The maximum Gasteiger partial charge on any atom is 0.145 e. The van der Waals surface area contributed by atoms with Crippen LogP contribution in [0.2, 0.25) is 0 Å². The molecule has 0 atom stereocenters. The van der Waals surface area contributed by atoms with Crippen LogP contribution in [-0.4, -0.2) is 5.11 Å². The number of aryl methyl sites for hydroxylation is 1. The second-order valence-corrected chi connectivity index (χ2v) is 3.95. The fourth-order valence-corrected chi connectivity index (χ4v) is 1.67. The third kappa shape index (κ3) is 2.69. The molecule has 0 fully saturated rings. The van der Waals surface area contributed by atoms with Crippen molar-refractivity contribution in [1.29, 1.82) is 0 Å². The van der Waals surface area contributed by atoms with Gasteiger partial charge in [0, 0.05) is 0 Å². The van der Waals surface area contributed by atoms with E-state index in [9.17, 15) is 5.11 Å². The summed E-state index contributed by atoms with van der Waals surface area (Å²) in [5.74, 6) is 0.944. The van der Waals surface area contributed by atoms with E-state index in [2.05, 4.69) is 0 Å². The van der Waals surface area contributed by atoms with Gasteiger partial charge in [0.2, 0.25) is 0 Å². The van der Waals surface area contributed by atoms with E-state index in [0.717, 1.165) is 11.1 Å². The lowest BCUT2D eigenvalue weighted by molar-refractivity contribution is 0.305. The van der Waals surface area contributed by atoms with Crippen LogP contribution in [-0.2, 0) is 6.61 Å². The van der Waals surface area contributed by atoms with E-state index in [1.807, 2.05) is 31.2 Å². The van der Waals surface area contributed by atoms with Crippen LogP contribution in [0.25, 0.3) is 0 Å². The number of rotatable bonds is 3. The number of hydrogen-bond acceptors (Lipinski definition) is 3. The van der Waals surface area contributed by atoms with E-state index in [1.165, 1.54) is 0 Å². The van der Waals surface area contributed by atoms with Gasteiger partial charge in [0.05, 0.1) is 5.69 Å². The summed E-state index contributed by atoms with van der Waals surface area (Å²) >= 11 is 0. The number of hydrogen-bond donors (Lipinski definition) is 2. The number of ether oxygens (including phenoxy) is 1. The van der Waals surface area contributed by atoms with Crippen molar-refractivity contribution >= 4 is 5.69 Å². The minimum Gasteiger partial charge on any atom is -0.508 e. The first-order valence-electron chi connectivity index (χ1n) is 5.42. The molecule has 2 rings (SSSR count). The molecule has 17 heavy (non-hydrogen) atoms. The van der Waals surface area contributed by atoms with Gasteiger partial charge in [-0.05, 0) is 36.2 Å². The second kappa shape index (κ2) is 4.78. The summed E-state index contributed by atoms with van der Waals surface area (Å²) in [4.78, 5) is 0. The Morgan fingerprint density at radius 2 is 1.94 bits per heavy atom. The molecule has 3 nitrogen and oxygen atoms in total. The molecule has 0 radical (unpaired) electrons. The van der Waals surface area contributed by atoms with Crippen molar-refractivity contribution in [2.45, 2.75) is 13.5 Å². The molecule has 0 heterocycles. The lowest BCUT2D eigenvalue weighted by atomic mass is 10.2. The van der Waals surface area contributed by atoms with Crippen molar-refractivity contribution in [3.63, 3.8) is 0 Å². The number of phenols is 1. The van der Waals surface area contributed by atoms with Gasteiger partial charge in [-0.15, -0.1) is 0 Å². The van der Waals surface area contributed by atoms with Crippen molar-refractivity contribution < 1.29 is 9.84 Å². The Labute approximate surface area is 100 Å². The largest absolute Gasteiger partial charge is 0.508 e. The Kier molecular flexibility index (Phi) is 3.19. The predicted molar refractivity (Wildman–Crippen MR) is 68.0 cm³/mol. The van der Waals surface area contributed by atoms with Gasteiger partial charge in [-0.3, -0.25) is 0 Å². The third-order valence-corrected chi connectivity index (χ3v) is 2.54. The summed E-state index contributed by atoms with van der Waals surface area (Å²) in [5, 5.41) is 9.34. The normalized spacial score (nSPS) is 10.2. The fourth-order valence-electron chi connectivity index (χ4n) is 1.67. The van der Waals surface area contributed by atoms with E-state index >= 15 is 0 Å². The Bertz CT molecular complexity index is 503. The van der Waals surface area contributed by atoms with Gasteiger partial charge in [-0.25, -0.2) is 0 Å². The van der Waals surface area contributed by atoms with Gasteiger partial charge in [0.1, 0.15) is 18.1 Å². The highest BCUT2D eigenvalue weighted by Crippen LogP contribution is 2.26. The molecule has 0 saturated carbocycles. The maximum absolute atomic E-state index is 9.34. The first-order chi connectivity index (χ1) is 8.16. The third-order valence-electron chi connectivity index (χ3n) is 2.54. The summed E-state index contributed by atoms with van der Waals surface area (Å²) in [6.07, 6.45) is 0. The molecule has 2 aromatic rings. The van der Waals surface area contributed by atoms with Crippen molar-refractivity contribution in [3.05, 3.63) is 53.6 Å². The molecule has 2 aromatic carbocycles. The van der Waals surface area contributed by atoms with Gasteiger partial charge in [-0.2, -0.15) is 0 Å². The Morgan fingerprint density at radius 3 is 2.65 bits per heavy atom. The van der Waals surface area contributed by atoms with Crippen molar-refractivity contribution in [3.8, 4) is 11.5 Å². The van der Waals surface area contributed by atoms with Crippen LogP contribution in [0.3, 0.4) is 0 Å². The van der Waals surface area contributed by atoms with Crippen molar-refractivity contribution in [2.24, 2.45) is 0 Å². The zero-order valence-electron chi connectivity index (χ0n) is 9.68. The van der Waals surface area contributed by atoms with Gasteiger partial charge in [0.25, 0.3) is 0 Å². The minimum atomic E-state index is 0.240. The van der Waals surface area contributed by atoms with Crippen LogP contribution in [0.4, 0.5) is 5.69 Å². The molecule has 0 saturated heterocycles.